The lowest BCUT2D eigenvalue weighted by Gasteiger charge is -2.30. The van der Waals surface area contributed by atoms with Gasteiger partial charge in [-0.15, -0.1) is 0 Å². The van der Waals surface area contributed by atoms with E-state index in [1.807, 2.05) is 17.6 Å². The van der Waals surface area contributed by atoms with E-state index in [-0.39, 0.29) is 24.1 Å². The Kier molecular flexibility index (Phi) is 6.26. The largest absolute Gasteiger partial charge is 0.381 e. The lowest BCUT2D eigenvalue weighted by molar-refractivity contribution is -0.126. The number of carbonyl (C=O) groups excluding carboxylic acids is 1. The third-order valence-corrected chi connectivity index (χ3v) is 5.17. The molecule has 2 heterocycles. The lowest BCUT2D eigenvalue weighted by Crippen LogP contribution is -2.42. The van der Waals surface area contributed by atoms with Crippen LogP contribution < -0.4 is 10.9 Å². The molecule has 3 rings (SSSR count). The van der Waals surface area contributed by atoms with Gasteiger partial charge in [0.25, 0.3) is 5.56 Å². The average Bonchev–Trinajstić information content (AvgIpc) is 2.63. The molecular formula is C19H28N2O4. The van der Waals surface area contributed by atoms with E-state index in [9.17, 15) is 9.59 Å². The van der Waals surface area contributed by atoms with Crippen molar-refractivity contribution in [1.82, 2.24) is 9.88 Å². The van der Waals surface area contributed by atoms with Crippen molar-refractivity contribution in [2.24, 2.45) is 5.92 Å². The van der Waals surface area contributed by atoms with E-state index in [2.05, 4.69) is 5.32 Å². The number of aromatic nitrogens is 1. The summed E-state index contributed by atoms with van der Waals surface area (Å²) in [6.45, 7) is 4.90. The maximum absolute atomic E-state index is 12.4. The number of rotatable bonds is 6. The molecule has 1 fully saturated rings. The molecule has 0 spiro atoms. The summed E-state index contributed by atoms with van der Waals surface area (Å²) in [6.07, 6.45) is 4.51. The van der Waals surface area contributed by atoms with Gasteiger partial charge in [0.1, 0.15) is 6.61 Å². The first-order valence-corrected chi connectivity index (χ1v) is 9.33. The summed E-state index contributed by atoms with van der Waals surface area (Å²) in [5.74, 6) is 0.451. The van der Waals surface area contributed by atoms with Gasteiger partial charge in [0.15, 0.2) is 0 Å². The summed E-state index contributed by atoms with van der Waals surface area (Å²) in [4.78, 5) is 24.3. The van der Waals surface area contributed by atoms with Crippen LogP contribution in [0.15, 0.2) is 16.9 Å². The SMILES string of the molecule is CCOCC(=O)NC1CCc2c(ccc(=O)n2CC2CCOCC2)C1. The van der Waals surface area contributed by atoms with Gasteiger partial charge in [0.05, 0.1) is 0 Å². The van der Waals surface area contributed by atoms with Gasteiger partial charge < -0.3 is 19.4 Å². The molecule has 25 heavy (non-hydrogen) atoms. The van der Waals surface area contributed by atoms with Crippen molar-refractivity contribution in [1.29, 1.82) is 0 Å². The summed E-state index contributed by atoms with van der Waals surface area (Å²) in [5.41, 5.74) is 2.41. The van der Waals surface area contributed by atoms with Crippen LogP contribution in [0.3, 0.4) is 0 Å². The number of hydrogen-bond donors (Lipinski definition) is 1. The third-order valence-electron chi connectivity index (χ3n) is 5.17. The Morgan fingerprint density at radius 1 is 1.32 bits per heavy atom. The van der Waals surface area contributed by atoms with Crippen molar-refractivity contribution >= 4 is 5.91 Å². The van der Waals surface area contributed by atoms with Gasteiger partial charge >= 0.3 is 0 Å². The maximum Gasteiger partial charge on any atom is 0.250 e. The molecule has 2 aliphatic rings. The normalized spacial score (nSPS) is 20.9. The van der Waals surface area contributed by atoms with Crippen LogP contribution in [0.25, 0.3) is 0 Å². The topological polar surface area (TPSA) is 69.6 Å². The minimum atomic E-state index is -0.0640. The molecule has 6 nitrogen and oxygen atoms in total. The smallest absolute Gasteiger partial charge is 0.250 e. The molecule has 1 amide bonds. The first-order chi connectivity index (χ1) is 12.2. The molecule has 0 bridgehead atoms. The van der Waals surface area contributed by atoms with Gasteiger partial charge in [-0.05, 0) is 50.5 Å². The highest BCUT2D eigenvalue weighted by molar-refractivity contribution is 5.77. The third kappa shape index (κ3) is 4.70. The van der Waals surface area contributed by atoms with Crippen molar-refractivity contribution in [3.05, 3.63) is 33.7 Å². The number of fused-ring (bicyclic) bond motifs is 1. The van der Waals surface area contributed by atoms with Crippen molar-refractivity contribution in [3.63, 3.8) is 0 Å². The van der Waals surface area contributed by atoms with E-state index in [1.165, 1.54) is 5.56 Å². The fourth-order valence-electron chi connectivity index (χ4n) is 3.80. The van der Waals surface area contributed by atoms with Gasteiger partial charge in [-0.2, -0.15) is 0 Å². The van der Waals surface area contributed by atoms with Crippen LogP contribution in [0.1, 0.15) is 37.4 Å². The fourth-order valence-corrected chi connectivity index (χ4v) is 3.80. The average molecular weight is 348 g/mol. The predicted octanol–water partition coefficient (Wildman–Crippen LogP) is 1.28. The second kappa shape index (κ2) is 8.63. The molecule has 0 aromatic carbocycles. The Morgan fingerprint density at radius 3 is 2.88 bits per heavy atom. The highest BCUT2D eigenvalue weighted by Gasteiger charge is 2.24. The molecule has 0 saturated carbocycles. The van der Waals surface area contributed by atoms with Crippen LogP contribution in [-0.4, -0.2) is 42.9 Å². The molecule has 1 aliphatic heterocycles. The van der Waals surface area contributed by atoms with Crippen LogP contribution in [0.4, 0.5) is 0 Å². The van der Waals surface area contributed by atoms with Gasteiger partial charge in [-0.25, -0.2) is 0 Å². The zero-order valence-corrected chi connectivity index (χ0v) is 15.0. The van der Waals surface area contributed by atoms with Crippen LogP contribution in [0, 0.1) is 5.92 Å². The number of nitrogens with one attached hydrogen (secondary N) is 1. The van der Waals surface area contributed by atoms with E-state index in [4.69, 9.17) is 9.47 Å². The molecule has 1 N–H and O–H groups in total. The van der Waals surface area contributed by atoms with Gasteiger partial charge in [-0.1, -0.05) is 6.07 Å². The summed E-state index contributed by atoms with van der Waals surface area (Å²) in [5, 5.41) is 3.04. The first-order valence-electron chi connectivity index (χ1n) is 9.33. The predicted molar refractivity (Wildman–Crippen MR) is 94.7 cm³/mol. The molecule has 138 valence electrons. The number of hydrogen-bond acceptors (Lipinski definition) is 4. The number of amides is 1. The number of pyridine rings is 1. The second-order valence-corrected chi connectivity index (χ2v) is 6.95. The van der Waals surface area contributed by atoms with Crippen LogP contribution in [-0.2, 0) is 33.7 Å². The first kappa shape index (κ1) is 18.1. The zero-order valence-electron chi connectivity index (χ0n) is 15.0. The maximum atomic E-state index is 12.4. The number of nitrogens with zero attached hydrogens (tertiary/aromatic N) is 1. The highest BCUT2D eigenvalue weighted by atomic mass is 16.5. The minimum Gasteiger partial charge on any atom is -0.381 e. The fraction of sp³-hybridized carbons (Fsp3) is 0.684. The van der Waals surface area contributed by atoms with Crippen molar-refractivity contribution in [2.45, 2.75) is 51.6 Å². The van der Waals surface area contributed by atoms with Crippen LogP contribution in [0.5, 0.6) is 0 Å². The van der Waals surface area contributed by atoms with Crippen LogP contribution in [0.2, 0.25) is 0 Å². The van der Waals surface area contributed by atoms with Gasteiger partial charge in [-0.3, -0.25) is 9.59 Å². The Morgan fingerprint density at radius 2 is 2.12 bits per heavy atom. The molecule has 1 atom stereocenters. The molecule has 6 heteroatoms. The lowest BCUT2D eigenvalue weighted by atomic mass is 9.90. The number of ether oxygens (including phenoxy) is 2. The second-order valence-electron chi connectivity index (χ2n) is 6.95. The molecule has 1 unspecified atom stereocenters. The number of carbonyl (C=O) groups is 1. The monoisotopic (exact) mass is 348 g/mol. The Bertz CT molecular complexity index is 649. The summed E-state index contributed by atoms with van der Waals surface area (Å²) >= 11 is 0. The molecule has 1 aromatic heterocycles. The molecule has 1 aliphatic carbocycles. The molecular weight excluding hydrogens is 320 g/mol. The standard InChI is InChI=1S/C19H28N2O4/c1-2-24-13-18(22)20-16-4-5-17-15(11-16)3-6-19(23)21(17)12-14-7-9-25-10-8-14/h3,6,14,16H,2,4-5,7-13H2,1H3,(H,20,22). The minimum absolute atomic E-state index is 0.0640. The molecule has 1 saturated heterocycles. The van der Waals surface area contributed by atoms with E-state index < -0.39 is 0 Å². The summed E-state index contributed by atoms with van der Waals surface area (Å²) in [7, 11) is 0. The van der Waals surface area contributed by atoms with E-state index in [0.717, 1.165) is 57.6 Å². The van der Waals surface area contributed by atoms with Crippen LogP contribution >= 0.6 is 0 Å². The van der Waals surface area contributed by atoms with E-state index in [1.54, 1.807) is 6.07 Å². The van der Waals surface area contributed by atoms with E-state index >= 15 is 0 Å². The Balaban J connectivity index is 1.67. The van der Waals surface area contributed by atoms with Crippen molar-refractivity contribution in [2.75, 3.05) is 26.4 Å². The van der Waals surface area contributed by atoms with Gasteiger partial charge in [0.2, 0.25) is 5.91 Å². The highest BCUT2D eigenvalue weighted by Crippen LogP contribution is 2.23. The molecule has 0 radical (unpaired) electrons. The van der Waals surface area contributed by atoms with E-state index in [0.29, 0.717) is 12.5 Å². The summed E-state index contributed by atoms with van der Waals surface area (Å²) in [6, 6.07) is 3.72. The Labute approximate surface area is 148 Å². The summed E-state index contributed by atoms with van der Waals surface area (Å²) < 4.78 is 12.5. The quantitative estimate of drug-likeness (QED) is 0.841. The van der Waals surface area contributed by atoms with Gasteiger partial charge in [0, 0.05) is 44.2 Å². The molecule has 1 aromatic rings. The zero-order chi connectivity index (χ0) is 17.6. The Hall–Kier alpha value is -1.66. The van der Waals surface area contributed by atoms with Crippen molar-refractivity contribution < 1.29 is 14.3 Å². The van der Waals surface area contributed by atoms with Crippen molar-refractivity contribution in [3.8, 4) is 0 Å².